The molecule has 2 aromatic carbocycles. The number of ether oxygens (including phenoxy) is 3. The molecule has 1 amide bonds. The predicted octanol–water partition coefficient (Wildman–Crippen LogP) is 3.46. The monoisotopic (exact) mass is 425 g/mol. The molecule has 2 aromatic rings. The van der Waals surface area contributed by atoms with Gasteiger partial charge in [-0.1, -0.05) is 35.3 Å². The van der Waals surface area contributed by atoms with Crippen LogP contribution in [-0.2, 0) is 27.2 Å². The molecule has 0 aliphatic rings. The number of carbonyl (C=O) groups excluding carboxylic acids is 2. The average Bonchev–Trinajstić information content (AvgIpc) is 2.68. The molecule has 28 heavy (non-hydrogen) atoms. The summed E-state index contributed by atoms with van der Waals surface area (Å²) in [5.74, 6) is 0.347. The molecule has 0 unspecified atom stereocenters. The van der Waals surface area contributed by atoms with Crippen molar-refractivity contribution < 1.29 is 23.8 Å². The molecule has 0 fully saturated rings. The first-order chi connectivity index (χ1) is 13.4. The molecule has 0 aromatic heterocycles. The topological polar surface area (TPSA) is 73.9 Å². The van der Waals surface area contributed by atoms with Gasteiger partial charge in [0.25, 0.3) is 5.91 Å². The van der Waals surface area contributed by atoms with Gasteiger partial charge in [-0.05, 0) is 41.8 Å². The summed E-state index contributed by atoms with van der Waals surface area (Å²) in [6.45, 7) is 0.0465. The number of hydrogen-bond donors (Lipinski definition) is 1. The highest BCUT2D eigenvalue weighted by Crippen LogP contribution is 2.27. The van der Waals surface area contributed by atoms with Crippen LogP contribution < -0.4 is 14.8 Å². The second kappa shape index (κ2) is 10.8. The van der Waals surface area contributed by atoms with Crippen molar-refractivity contribution in [2.75, 3.05) is 27.4 Å². The zero-order chi connectivity index (χ0) is 20.5. The lowest BCUT2D eigenvalue weighted by Gasteiger charge is -2.10. The molecule has 2 rings (SSSR count). The quantitative estimate of drug-likeness (QED) is 0.622. The maximum atomic E-state index is 11.9. The molecule has 0 aliphatic carbocycles. The summed E-state index contributed by atoms with van der Waals surface area (Å²) >= 11 is 11.8. The molecule has 0 saturated heterocycles. The van der Waals surface area contributed by atoms with E-state index in [1.54, 1.807) is 38.5 Å². The van der Waals surface area contributed by atoms with Crippen molar-refractivity contribution in [3.8, 4) is 11.5 Å². The van der Waals surface area contributed by atoms with E-state index >= 15 is 0 Å². The SMILES string of the molecule is COc1ccc(CCNC(=O)COC(=O)Cc2ccc(Cl)cc2Cl)cc1OC. The van der Waals surface area contributed by atoms with Crippen LogP contribution in [0.3, 0.4) is 0 Å². The standard InChI is InChI=1S/C20H21Cl2NO5/c1-26-17-6-3-13(9-18(17)27-2)7-8-23-19(24)12-28-20(25)10-14-4-5-15(21)11-16(14)22/h3-6,9,11H,7-8,10,12H2,1-2H3,(H,23,24). The Morgan fingerprint density at radius 2 is 1.75 bits per heavy atom. The average molecular weight is 426 g/mol. The molecule has 1 N–H and O–H groups in total. The highest BCUT2D eigenvalue weighted by Gasteiger charge is 2.11. The van der Waals surface area contributed by atoms with Crippen LogP contribution in [0.15, 0.2) is 36.4 Å². The van der Waals surface area contributed by atoms with Crippen molar-refractivity contribution in [1.29, 1.82) is 0 Å². The van der Waals surface area contributed by atoms with E-state index in [0.717, 1.165) is 5.56 Å². The Hall–Kier alpha value is -2.44. The lowest BCUT2D eigenvalue weighted by Crippen LogP contribution is -2.30. The Morgan fingerprint density at radius 3 is 2.43 bits per heavy atom. The van der Waals surface area contributed by atoms with Crippen molar-refractivity contribution in [1.82, 2.24) is 5.32 Å². The summed E-state index contributed by atoms with van der Waals surface area (Å²) in [7, 11) is 3.13. The van der Waals surface area contributed by atoms with Gasteiger partial charge < -0.3 is 19.5 Å². The molecule has 150 valence electrons. The molecule has 6 nitrogen and oxygen atoms in total. The fourth-order valence-corrected chi connectivity index (χ4v) is 2.93. The number of amides is 1. The predicted molar refractivity (Wildman–Crippen MR) is 107 cm³/mol. The van der Waals surface area contributed by atoms with Crippen molar-refractivity contribution in [3.63, 3.8) is 0 Å². The number of esters is 1. The van der Waals surface area contributed by atoms with Crippen molar-refractivity contribution in [3.05, 3.63) is 57.6 Å². The molecule has 8 heteroatoms. The first-order valence-electron chi connectivity index (χ1n) is 8.50. The van der Waals surface area contributed by atoms with Crippen molar-refractivity contribution in [2.24, 2.45) is 0 Å². The van der Waals surface area contributed by atoms with Crippen LogP contribution in [0.4, 0.5) is 0 Å². The van der Waals surface area contributed by atoms with Gasteiger partial charge in [-0.25, -0.2) is 0 Å². The van der Waals surface area contributed by atoms with Gasteiger partial charge >= 0.3 is 5.97 Å². The largest absolute Gasteiger partial charge is 0.493 e. The molecule has 0 atom stereocenters. The Labute approximate surface area is 173 Å². The normalized spacial score (nSPS) is 10.3. The molecular weight excluding hydrogens is 405 g/mol. The van der Waals surface area contributed by atoms with E-state index in [2.05, 4.69) is 5.32 Å². The van der Waals surface area contributed by atoms with Crippen molar-refractivity contribution >= 4 is 35.1 Å². The summed E-state index contributed by atoms with van der Waals surface area (Å²) in [5.41, 5.74) is 1.57. The number of methoxy groups -OCH3 is 2. The van der Waals surface area contributed by atoms with E-state index in [4.69, 9.17) is 37.4 Å². The maximum Gasteiger partial charge on any atom is 0.310 e. The molecule has 0 aliphatic heterocycles. The number of hydrogen-bond acceptors (Lipinski definition) is 5. The van der Waals surface area contributed by atoms with Crippen LogP contribution >= 0.6 is 23.2 Å². The minimum Gasteiger partial charge on any atom is -0.493 e. The zero-order valence-electron chi connectivity index (χ0n) is 15.6. The minimum absolute atomic E-state index is 0.0328. The van der Waals surface area contributed by atoms with Gasteiger partial charge in [0.1, 0.15) is 0 Å². The van der Waals surface area contributed by atoms with Gasteiger partial charge in [-0.2, -0.15) is 0 Å². The third-order valence-corrected chi connectivity index (χ3v) is 4.48. The Balaban J connectivity index is 1.73. The Morgan fingerprint density at radius 1 is 1.00 bits per heavy atom. The zero-order valence-corrected chi connectivity index (χ0v) is 17.1. The molecular formula is C20H21Cl2NO5. The second-order valence-electron chi connectivity index (χ2n) is 5.86. The minimum atomic E-state index is -0.542. The highest BCUT2D eigenvalue weighted by atomic mass is 35.5. The van der Waals surface area contributed by atoms with Crippen LogP contribution in [-0.4, -0.2) is 39.2 Å². The van der Waals surface area contributed by atoms with Gasteiger partial charge in [0.2, 0.25) is 0 Å². The molecule has 0 spiro atoms. The Kier molecular flexibility index (Phi) is 8.42. The fraction of sp³-hybridized carbons (Fsp3) is 0.300. The van der Waals surface area contributed by atoms with Gasteiger partial charge in [0.05, 0.1) is 20.6 Å². The van der Waals surface area contributed by atoms with E-state index in [0.29, 0.717) is 40.1 Å². The molecule has 0 heterocycles. The van der Waals surface area contributed by atoms with E-state index in [1.807, 2.05) is 12.1 Å². The van der Waals surface area contributed by atoms with Gasteiger partial charge in [0, 0.05) is 16.6 Å². The van der Waals surface area contributed by atoms with Crippen LogP contribution in [0.2, 0.25) is 10.0 Å². The smallest absolute Gasteiger partial charge is 0.310 e. The van der Waals surface area contributed by atoms with E-state index in [-0.39, 0.29) is 18.9 Å². The van der Waals surface area contributed by atoms with Gasteiger partial charge in [0.15, 0.2) is 18.1 Å². The van der Waals surface area contributed by atoms with Gasteiger partial charge in [-0.15, -0.1) is 0 Å². The van der Waals surface area contributed by atoms with E-state index in [1.165, 1.54) is 0 Å². The summed E-state index contributed by atoms with van der Waals surface area (Å²) in [6, 6.07) is 10.4. The number of nitrogens with one attached hydrogen (secondary N) is 1. The maximum absolute atomic E-state index is 11.9. The van der Waals surface area contributed by atoms with E-state index in [9.17, 15) is 9.59 Å². The van der Waals surface area contributed by atoms with Crippen LogP contribution in [0.1, 0.15) is 11.1 Å². The molecule has 0 bridgehead atoms. The molecule has 0 radical (unpaired) electrons. The van der Waals surface area contributed by atoms with Crippen LogP contribution in [0, 0.1) is 0 Å². The summed E-state index contributed by atoms with van der Waals surface area (Å²) in [6.07, 6.45) is 0.565. The lowest BCUT2D eigenvalue weighted by molar-refractivity contribution is -0.147. The number of rotatable bonds is 9. The van der Waals surface area contributed by atoms with Crippen LogP contribution in [0.25, 0.3) is 0 Å². The highest BCUT2D eigenvalue weighted by molar-refractivity contribution is 6.35. The lowest BCUT2D eigenvalue weighted by atomic mass is 10.1. The number of carbonyl (C=O) groups is 2. The first-order valence-corrected chi connectivity index (χ1v) is 9.25. The fourth-order valence-electron chi connectivity index (χ4n) is 2.45. The Bertz CT molecular complexity index is 841. The summed E-state index contributed by atoms with van der Waals surface area (Å²) in [5, 5.41) is 3.56. The van der Waals surface area contributed by atoms with Gasteiger partial charge in [-0.3, -0.25) is 9.59 Å². The second-order valence-corrected chi connectivity index (χ2v) is 6.71. The molecule has 0 saturated carbocycles. The third kappa shape index (κ3) is 6.62. The summed E-state index contributed by atoms with van der Waals surface area (Å²) in [4.78, 5) is 23.7. The van der Waals surface area contributed by atoms with Crippen LogP contribution in [0.5, 0.6) is 11.5 Å². The third-order valence-electron chi connectivity index (χ3n) is 3.90. The van der Waals surface area contributed by atoms with E-state index < -0.39 is 5.97 Å². The number of halogens is 2. The summed E-state index contributed by atoms with van der Waals surface area (Å²) < 4.78 is 15.4. The first kappa shape index (κ1) is 21.9. The number of benzene rings is 2. The van der Waals surface area contributed by atoms with Crippen molar-refractivity contribution in [2.45, 2.75) is 12.8 Å².